The third kappa shape index (κ3) is 4.21. The Labute approximate surface area is 114 Å². The number of halogens is 1. The van der Waals surface area contributed by atoms with Crippen molar-refractivity contribution in [3.8, 4) is 6.07 Å². The number of hydrogen-bond donors (Lipinski definition) is 1. The molecule has 0 bridgehead atoms. The van der Waals surface area contributed by atoms with Crippen LogP contribution < -0.4 is 5.32 Å². The highest BCUT2D eigenvalue weighted by atomic mass is 35.5. The van der Waals surface area contributed by atoms with Gasteiger partial charge in [-0.25, -0.2) is 0 Å². The number of rotatable bonds is 6. The van der Waals surface area contributed by atoms with Crippen molar-refractivity contribution < 1.29 is 4.74 Å². The average Bonchev–Trinajstić information content (AvgIpc) is 2.34. The van der Waals surface area contributed by atoms with E-state index < -0.39 is 0 Å². The minimum Gasteiger partial charge on any atom is -0.380 e. The molecular weight excluding hydrogens is 248 g/mol. The van der Waals surface area contributed by atoms with Gasteiger partial charge in [-0.3, -0.25) is 0 Å². The number of nitrogens with one attached hydrogen (secondary N) is 1. The van der Waals surface area contributed by atoms with Gasteiger partial charge >= 0.3 is 0 Å². The normalized spacial score (nSPS) is 12.2. The number of anilines is 1. The fourth-order valence-electron chi connectivity index (χ4n) is 1.58. The van der Waals surface area contributed by atoms with Crippen molar-refractivity contribution in [3.63, 3.8) is 0 Å². The molecule has 4 heteroatoms. The lowest BCUT2D eigenvalue weighted by molar-refractivity contribution is 0.127. The molecule has 0 aromatic heterocycles. The second-order valence-electron chi connectivity index (χ2n) is 4.46. The fourth-order valence-corrected chi connectivity index (χ4v) is 1.75. The summed E-state index contributed by atoms with van der Waals surface area (Å²) in [6.07, 6.45) is 0. The van der Waals surface area contributed by atoms with E-state index in [0.29, 0.717) is 29.7 Å². The summed E-state index contributed by atoms with van der Waals surface area (Å²) in [6, 6.07) is 7.55. The molecule has 0 amide bonds. The van der Waals surface area contributed by atoms with Crippen molar-refractivity contribution in [1.29, 1.82) is 5.26 Å². The lowest BCUT2D eigenvalue weighted by atomic mass is 10.0. The van der Waals surface area contributed by atoms with Crippen LogP contribution in [0.4, 0.5) is 5.69 Å². The second-order valence-corrected chi connectivity index (χ2v) is 4.89. The van der Waals surface area contributed by atoms with Crippen LogP contribution in [0.3, 0.4) is 0 Å². The second kappa shape index (κ2) is 7.25. The summed E-state index contributed by atoms with van der Waals surface area (Å²) in [5, 5.41) is 13.0. The van der Waals surface area contributed by atoms with Crippen LogP contribution in [0.5, 0.6) is 0 Å². The zero-order valence-electron chi connectivity index (χ0n) is 11.0. The number of nitrogens with zero attached hydrogens (tertiary/aromatic N) is 1. The first-order valence-corrected chi connectivity index (χ1v) is 6.50. The number of benzene rings is 1. The van der Waals surface area contributed by atoms with Gasteiger partial charge in [-0.05, 0) is 31.0 Å². The summed E-state index contributed by atoms with van der Waals surface area (Å²) < 4.78 is 5.45. The molecule has 0 heterocycles. The Morgan fingerprint density at radius 1 is 1.44 bits per heavy atom. The summed E-state index contributed by atoms with van der Waals surface area (Å²) >= 11 is 5.96. The third-order valence-corrected chi connectivity index (χ3v) is 2.98. The molecule has 98 valence electrons. The van der Waals surface area contributed by atoms with Gasteiger partial charge in [-0.1, -0.05) is 25.4 Å². The maximum Gasteiger partial charge on any atom is 0.101 e. The zero-order valence-corrected chi connectivity index (χ0v) is 11.8. The van der Waals surface area contributed by atoms with Crippen molar-refractivity contribution in [2.75, 3.05) is 18.5 Å². The van der Waals surface area contributed by atoms with Gasteiger partial charge in [0.25, 0.3) is 0 Å². The molecule has 3 nitrogen and oxygen atoms in total. The SMILES string of the molecule is CCOCC(Nc1cc(Cl)ccc1C#N)C(C)C. The van der Waals surface area contributed by atoms with E-state index in [4.69, 9.17) is 21.6 Å². The first-order valence-electron chi connectivity index (χ1n) is 6.12. The van der Waals surface area contributed by atoms with Crippen LogP contribution in [0.15, 0.2) is 18.2 Å². The van der Waals surface area contributed by atoms with E-state index in [1.807, 2.05) is 6.92 Å². The summed E-state index contributed by atoms with van der Waals surface area (Å²) in [5.74, 6) is 0.405. The smallest absolute Gasteiger partial charge is 0.101 e. The molecule has 1 unspecified atom stereocenters. The van der Waals surface area contributed by atoms with Crippen LogP contribution >= 0.6 is 11.6 Å². The van der Waals surface area contributed by atoms with E-state index in [9.17, 15) is 0 Å². The number of ether oxygens (including phenoxy) is 1. The molecule has 0 saturated carbocycles. The van der Waals surface area contributed by atoms with Crippen molar-refractivity contribution in [3.05, 3.63) is 28.8 Å². The van der Waals surface area contributed by atoms with Gasteiger partial charge in [-0.2, -0.15) is 5.26 Å². The molecule has 0 saturated heterocycles. The van der Waals surface area contributed by atoms with E-state index in [0.717, 1.165) is 5.69 Å². The molecule has 18 heavy (non-hydrogen) atoms. The molecule has 1 aromatic rings. The first-order chi connectivity index (χ1) is 8.58. The molecule has 1 N–H and O–H groups in total. The predicted molar refractivity (Wildman–Crippen MR) is 74.9 cm³/mol. The Bertz CT molecular complexity index is 426. The Morgan fingerprint density at radius 3 is 2.72 bits per heavy atom. The highest BCUT2D eigenvalue weighted by Gasteiger charge is 2.15. The quantitative estimate of drug-likeness (QED) is 0.854. The van der Waals surface area contributed by atoms with Crippen LogP contribution in [0.2, 0.25) is 5.02 Å². The molecule has 0 aliphatic heterocycles. The molecule has 1 atom stereocenters. The molecule has 0 radical (unpaired) electrons. The van der Waals surface area contributed by atoms with E-state index in [-0.39, 0.29) is 6.04 Å². The average molecular weight is 267 g/mol. The molecule has 0 spiro atoms. The van der Waals surface area contributed by atoms with Crippen LogP contribution in [0.1, 0.15) is 26.3 Å². The van der Waals surface area contributed by atoms with E-state index in [1.54, 1.807) is 18.2 Å². The standard InChI is InChI=1S/C14H19ClN2O/c1-4-18-9-14(10(2)3)17-13-7-12(15)6-5-11(13)8-16/h5-7,10,14,17H,4,9H2,1-3H3. The van der Waals surface area contributed by atoms with Crippen LogP contribution in [0.25, 0.3) is 0 Å². The maximum absolute atomic E-state index is 9.07. The van der Waals surface area contributed by atoms with Crippen molar-refractivity contribution in [1.82, 2.24) is 0 Å². The fraction of sp³-hybridized carbons (Fsp3) is 0.500. The van der Waals surface area contributed by atoms with E-state index in [1.165, 1.54) is 0 Å². The Kier molecular flexibility index (Phi) is 5.97. The Balaban J connectivity index is 2.86. The summed E-state index contributed by atoms with van der Waals surface area (Å²) in [7, 11) is 0. The number of hydrogen-bond acceptors (Lipinski definition) is 3. The highest BCUT2D eigenvalue weighted by Crippen LogP contribution is 2.22. The van der Waals surface area contributed by atoms with E-state index in [2.05, 4.69) is 25.2 Å². The van der Waals surface area contributed by atoms with Gasteiger partial charge in [-0.15, -0.1) is 0 Å². The lowest BCUT2D eigenvalue weighted by Crippen LogP contribution is -2.31. The van der Waals surface area contributed by atoms with Gasteiger partial charge in [0.05, 0.1) is 23.9 Å². The molecule has 0 aliphatic carbocycles. The Morgan fingerprint density at radius 2 is 2.17 bits per heavy atom. The largest absolute Gasteiger partial charge is 0.380 e. The highest BCUT2D eigenvalue weighted by molar-refractivity contribution is 6.30. The third-order valence-electron chi connectivity index (χ3n) is 2.75. The van der Waals surface area contributed by atoms with Gasteiger partial charge in [0.2, 0.25) is 0 Å². The van der Waals surface area contributed by atoms with Crippen molar-refractivity contribution >= 4 is 17.3 Å². The summed E-state index contributed by atoms with van der Waals surface area (Å²) in [5.41, 5.74) is 1.37. The monoisotopic (exact) mass is 266 g/mol. The minimum atomic E-state index is 0.163. The lowest BCUT2D eigenvalue weighted by Gasteiger charge is -2.24. The molecule has 0 aliphatic rings. The van der Waals surface area contributed by atoms with Crippen molar-refractivity contribution in [2.24, 2.45) is 5.92 Å². The topological polar surface area (TPSA) is 45.0 Å². The molecular formula is C14H19ClN2O. The molecule has 0 fully saturated rings. The van der Waals surface area contributed by atoms with Crippen molar-refractivity contribution in [2.45, 2.75) is 26.8 Å². The molecule has 1 aromatic carbocycles. The van der Waals surface area contributed by atoms with Crippen LogP contribution in [-0.2, 0) is 4.74 Å². The predicted octanol–water partition coefficient (Wildman–Crippen LogP) is 3.68. The van der Waals surface area contributed by atoms with Gasteiger partial charge < -0.3 is 10.1 Å². The van der Waals surface area contributed by atoms with E-state index >= 15 is 0 Å². The minimum absolute atomic E-state index is 0.163. The number of nitriles is 1. The van der Waals surface area contributed by atoms with Gasteiger partial charge in [0, 0.05) is 11.6 Å². The van der Waals surface area contributed by atoms with Crippen LogP contribution in [0, 0.1) is 17.2 Å². The summed E-state index contributed by atoms with van der Waals surface area (Å²) in [6.45, 7) is 7.51. The van der Waals surface area contributed by atoms with Crippen LogP contribution in [-0.4, -0.2) is 19.3 Å². The van der Waals surface area contributed by atoms with Gasteiger partial charge in [0.1, 0.15) is 6.07 Å². The first kappa shape index (κ1) is 14.8. The Hall–Kier alpha value is -1.24. The summed E-state index contributed by atoms with van der Waals surface area (Å²) in [4.78, 5) is 0. The zero-order chi connectivity index (χ0) is 13.5. The maximum atomic E-state index is 9.07. The molecule has 1 rings (SSSR count). The van der Waals surface area contributed by atoms with Gasteiger partial charge in [0.15, 0.2) is 0 Å².